The van der Waals surface area contributed by atoms with Crippen LogP contribution in [-0.4, -0.2) is 34.1 Å². The average Bonchev–Trinajstić information content (AvgIpc) is 3.35. The first kappa shape index (κ1) is 19.8. The Morgan fingerprint density at radius 2 is 1.90 bits per heavy atom. The molecule has 0 saturated heterocycles. The largest absolute Gasteiger partial charge is 0.454 e. The van der Waals surface area contributed by atoms with Crippen molar-refractivity contribution in [1.29, 1.82) is 0 Å². The highest BCUT2D eigenvalue weighted by Crippen LogP contribution is 2.32. The number of ether oxygens (including phenoxy) is 2. The van der Waals surface area contributed by atoms with Gasteiger partial charge in [0.1, 0.15) is 0 Å². The van der Waals surface area contributed by atoms with Crippen LogP contribution in [0.15, 0.2) is 47.6 Å². The van der Waals surface area contributed by atoms with Gasteiger partial charge in [-0.05, 0) is 56.2 Å². The highest BCUT2D eigenvalue weighted by atomic mass is 16.7. The number of aliphatic imine (C=N–C) groups is 1. The standard InChI is InChI=1S/C22H26N6O2/c1-4-23-22(25-11-17-5-7-19-20(10-17)30-14-29-19)26-13-18-6-8-21(24-12-18)28-16(3)9-15(2)27-28/h5-10,12H,4,11,13-14H2,1-3H3,(H2,23,25,26). The molecule has 4 rings (SSSR count). The first-order chi connectivity index (χ1) is 14.6. The van der Waals surface area contributed by atoms with E-state index in [1.54, 1.807) is 0 Å². The van der Waals surface area contributed by atoms with Crippen LogP contribution in [0.25, 0.3) is 5.82 Å². The molecule has 0 fully saturated rings. The van der Waals surface area contributed by atoms with E-state index in [0.717, 1.165) is 52.3 Å². The molecule has 2 N–H and O–H groups in total. The number of hydrogen-bond donors (Lipinski definition) is 2. The molecule has 1 aromatic carbocycles. The van der Waals surface area contributed by atoms with Gasteiger partial charge in [-0.15, -0.1) is 0 Å². The van der Waals surface area contributed by atoms with E-state index >= 15 is 0 Å². The molecule has 0 bridgehead atoms. The Kier molecular flexibility index (Phi) is 5.83. The first-order valence-electron chi connectivity index (χ1n) is 10.0. The molecule has 3 aromatic rings. The molecule has 3 heterocycles. The number of fused-ring (bicyclic) bond motifs is 1. The van der Waals surface area contributed by atoms with Crippen LogP contribution in [0, 0.1) is 13.8 Å². The van der Waals surface area contributed by atoms with Gasteiger partial charge in [0, 0.05) is 25.0 Å². The highest BCUT2D eigenvalue weighted by Gasteiger charge is 2.13. The number of hydrogen-bond acceptors (Lipinski definition) is 5. The maximum absolute atomic E-state index is 5.44. The molecule has 0 radical (unpaired) electrons. The second kappa shape index (κ2) is 8.86. The lowest BCUT2D eigenvalue weighted by molar-refractivity contribution is 0.174. The van der Waals surface area contributed by atoms with Gasteiger partial charge in [-0.3, -0.25) is 0 Å². The Bertz CT molecular complexity index is 1040. The third kappa shape index (κ3) is 4.53. The summed E-state index contributed by atoms with van der Waals surface area (Å²) in [5.41, 5.74) is 4.17. The molecule has 0 spiro atoms. The lowest BCUT2D eigenvalue weighted by Crippen LogP contribution is -2.36. The summed E-state index contributed by atoms with van der Waals surface area (Å²) in [6.07, 6.45) is 1.84. The first-order valence-corrected chi connectivity index (χ1v) is 10.0. The fraction of sp³-hybridized carbons (Fsp3) is 0.318. The van der Waals surface area contributed by atoms with Crippen LogP contribution in [0.3, 0.4) is 0 Å². The van der Waals surface area contributed by atoms with Crippen LogP contribution in [0.5, 0.6) is 11.5 Å². The van der Waals surface area contributed by atoms with E-state index < -0.39 is 0 Å². The predicted molar refractivity (Wildman–Crippen MR) is 115 cm³/mol. The van der Waals surface area contributed by atoms with Crippen molar-refractivity contribution in [2.75, 3.05) is 13.3 Å². The molecule has 1 aliphatic heterocycles. The minimum atomic E-state index is 0.280. The van der Waals surface area contributed by atoms with Crippen LogP contribution in [0.4, 0.5) is 0 Å². The molecule has 0 unspecified atom stereocenters. The fourth-order valence-electron chi connectivity index (χ4n) is 3.25. The number of pyridine rings is 1. The summed E-state index contributed by atoms with van der Waals surface area (Å²) in [6.45, 7) is 8.27. The van der Waals surface area contributed by atoms with Gasteiger partial charge in [0.05, 0.1) is 12.2 Å². The van der Waals surface area contributed by atoms with E-state index in [4.69, 9.17) is 9.47 Å². The Morgan fingerprint density at radius 3 is 2.63 bits per heavy atom. The zero-order valence-corrected chi connectivity index (χ0v) is 17.5. The maximum Gasteiger partial charge on any atom is 0.231 e. The second-order valence-electron chi connectivity index (χ2n) is 7.10. The molecular formula is C22H26N6O2. The Balaban J connectivity index is 1.39. The summed E-state index contributed by atoms with van der Waals surface area (Å²) in [5, 5.41) is 11.1. The minimum Gasteiger partial charge on any atom is -0.454 e. The van der Waals surface area contributed by atoms with Gasteiger partial charge in [0.25, 0.3) is 0 Å². The molecular weight excluding hydrogens is 380 g/mol. The Morgan fingerprint density at radius 1 is 1.07 bits per heavy atom. The molecule has 0 atom stereocenters. The number of benzene rings is 1. The van der Waals surface area contributed by atoms with Crippen molar-refractivity contribution >= 4 is 5.96 Å². The van der Waals surface area contributed by atoms with Crippen molar-refractivity contribution in [2.45, 2.75) is 33.9 Å². The number of aryl methyl sites for hydroxylation is 2. The topological polar surface area (TPSA) is 85.6 Å². The molecule has 0 amide bonds. The lowest BCUT2D eigenvalue weighted by atomic mass is 10.2. The van der Waals surface area contributed by atoms with Crippen LogP contribution in [0.1, 0.15) is 29.4 Å². The van der Waals surface area contributed by atoms with Crippen LogP contribution in [-0.2, 0) is 13.1 Å². The van der Waals surface area contributed by atoms with Gasteiger partial charge in [0.2, 0.25) is 6.79 Å². The van der Waals surface area contributed by atoms with E-state index in [9.17, 15) is 0 Å². The monoisotopic (exact) mass is 406 g/mol. The van der Waals surface area contributed by atoms with Gasteiger partial charge in [-0.25, -0.2) is 14.7 Å². The molecule has 156 valence electrons. The van der Waals surface area contributed by atoms with Crippen molar-refractivity contribution in [3.63, 3.8) is 0 Å². The minimum absolute atomic E-state index is 0.280. The van der Waals surface area contributed by atoms with Gasteiger partial charge in [-0.1, -0.05) is 12.1 Å². The van der Waals surface area contributed by atoms with Gasteiger partial charge >= 0.3 is 0 Å². The van der Waals surface area contributed by atoms with Crippen LogP contribution >= 0.6 is 0 Å². The normalized spacial score (nSPS) is 12.8. The van der Waals surface area contributed by atoms with Crippen molar-refractivity contribution in [1.82, 2.24) is 25.4 Å². The smallest absolute Gasteiger partial charge is 0.231 e. The molecule has 0 saturated carbocycles. The van der Waals surface area contributed by atoms with Crippen LogP contribution in [0.2, 0.25) is 0 Å². The summed E-state index contributed by atoms with van der Waals surface area (Å²) in [7, 11) is 0. The molecule has 2 aromatic heterocycles. The number of aromatic nitrogens is 3. The van der Waals surface area contributed by atoms with E-state index in [1.165, 1.54) is 0 Å². The van der Waals surface area contributed by atoms with Gasteiger partial charge in [0.15, 0.2) is 23.3 Å². The van der Waals surface area contributed by atoms with Crippen molar-refractivity contribution in [3.05, 3.63) is 65.1 Å². The number of guanidine groups is 1. The van der Waals surface area contributed by atoms with Gasteiger partial charge in [-0.2, -0.15) is 5.10 Å². The van der Waals surface area contributed by atoms with E-state index in [0.29, 0.717) is 13.1 Å². The van der Waals surface area contributed by atoms with E-state index in [1.807, 2.05) is 68.0 Å². The SMILES string of the molecule is CCNC(=NCc1ccc(-n2nc(C)cc2C)nc1)NCc1ccc2c(c1)OCO2. The molecule has 8 nitrogen and oxygen atoms in total. The van der Waals surface area contributed by atoms with Crippen molar-refractivity contribution in [3.8, 4) is 17.3 Å². The second-order valence-corrected chi connectivity index (χ2v) is 7.10. The van der Waals surface area contributed by atoms with Gasteiger partial charge < -0.3 is 20.1 Å². The Hall–Kier alpha value is -3.55. The Labute approximate surface area is 176 Å². The zero-order chi connectivity index (χ0) is 20.9. The van der Waals surface area contributed by atoms with Crippen LogP contribution < -0.4 is 20.1 Å². The number of rotatable bonds is 6. The van der Waals surface area contributed by atoms with E-state index in [-0.39, 0.29) is 6.79 Å². The zero-order valence-electron chi connectivity index (χ0n) is 17.5. The van der Waals surface area contributed by atoms with Crippen molar-refractivity contribution < 1.29 is 9.47 Å². The van der Waals surface area contributed by atoms with Crippen molar-refractivity contribution in [2.24, 2.45) is 4.99 Å². The summed E-state index contributed by atoms with van der Waals surface area (Å²) in [4.78, 5) is 9.21. The molecule has 0 aliphatic carbocycles. The lowest BCUT2D eigenvalue weighted by Gasteiger charge is -2.12. The quantitative estimate of drug-likeness (QED) is 0.484. The molecule has 1 aliphatic rings. The summed E-state index contributed by atoms with van der Waals surface area (Å²) >= 11 is 0. The summed E-state index contributed by atoms with van der Waals surface area (Å²) in [6, 6.07) is 12.0. The molecule has 8 heteroatoms. The number of nitrogens with zero attached hydrogens (tertiary/aromatic N) is 4. The summed E-state index contributed by atoms with van der Waals surface area (Å²) in [5.74, 6) is 3.12. The summed E-state index contributed by atoms with van der Waals surface area (Å²) < 4.78 is 12.6. The maximum atomic E-state index is 5.44. The average molecular weight is 406 g/mol. The number of nitrogens with one attached hydrogen (secondary N) is 2. The van der Waals surface area contributed by atoms with E-state index in [2.05, 4.69) is 25.7 Å². The third-order valence-corrected chi connectivity index (χ3v) is 4.70. The predicted octanol–water partition coefficient (Wildman–Crippen LogP) is 2.87. The molecule has 30 heavy (non-hydrogen) atoms. The fourth-order valence-corrected chi connectivity index (χ4v) is 3.25. The third-order valence-electron chi connectivity index (χ3n) is 4.70. The highest BCUT2D eigenvalue weighted by molar-refractivity contribution is 5.79.